The summed E-state index contributed by atoms with van der Waals surface area (Å²) in [7, 11) is -3.59. The molecule has 0 spiro atoms. The van der Waals surface area contributed by atoms with Crippen LogP contribution in [0, 0.1) is 13.8 Å². The molecule has 2 rings (SSSR count). The molecule has 0 aliphatic carbocycles. The van der Waals surface area contributed by atoms with Crippen molar-refractivity contribution in [2.45, 2.75) is 58.4 Å². The molecule has 0 saturated carbocycles. The number of aromatic nitrogens is 2. The average molecular weight is 335 g/mol. The van der Waals surface area contributed by atoms with Gasteiger partial charge in [-0.05, 0) is 51.3 Å². The van der Waals surface area contributed by atoms with Gasteiger partial charge in [0, 0.05) is 6.54 Å². The van der Waals surface area contributed by atoms with E-state index in [0.717, 1.165) is 30.5 Å². The number of nitrogens with one attached hydrogen (secondary N) is 1. The molecule has 0 saturated heterocycles. The third-order valence-corrected chi connectivity index (χ3v) is 5.34. The summed E-state index contributed by atoms with van der Waals surface area (Å²) >= 11 is 0. The molecule has 0 radical (unpaired) electrons. The number of nitrogens with zero attached hydrogens (tertiary/aromatic N) is 2. The molecule has 0 amide bonds. The number of hydrogen-bond donors (Lipinski definition) is 1. The third kappa shape index (κ3) is 3.93. The molecule has 1 heterocycles. The van der Waals surface area contributed by atoms with E-state index in [4.69, 9.17) is 0 Å². The van der Waals surface area contributed by atoms with Crippen molar-refractivity contribution in [2.24, 2.45) is 0 Å². The first-order valence-electron chi connectivity index (χ1n) is 8.04. The minimum Gasteiger partial charge on any atom is -0.276 e. The van der Waals surface area contributed by atoms with Crippen LogP contribution in [-0.4, -0.2) is 18.2 Å². The van der Waals surface area contributed by atoms with Gasteiger partial charge in [-0.2, -0.15) is 5.10 Å². The molecule has 0 aliphatic heterocycles. The number of unbranched alkanes of at least 4 members (excludes halogenated alkanes) is 1. The van der Waals surface area contributed by atoms with Crippen molar-refractivity contribution < 1.29 is 8.42 Å². The molecule has 0 bridgehead atoms. The maximum absolute atomic E-state index is 12.6. The molecular formula is C17H25N3O2S. The number of anilines is 1. The van der Waals surface area contributed by atoms with Crippen molar-refractivity contribution >= 4 is 15.7 Å². The lowest BCUT2D eigenvalue weighted by molar-refractivity contribution is 0.601. The quantitative estimate of drug-likeness (QED) is 0.840. The Bertz CT molecular complexity index is 762. The molecule has 5 nitrogen and oxygen atoms in total. The van der Waals surface area contributed by atoms with Crippen LogP contribution in [0.4, 0.5) is 5.69 Å². The van der Waals surface area contributed by atoms with Crippen LogP contribution in [0.5, 0.6) is 0 Å². The van der Waals surface area contributed by atoms with E-state index in [1.807, 2.05) is 32.9 Å². The van der Waals surface area contributed by atoms with E-state index in [1.165, 1.54) is 0 Å². The van der Waals surface area contributed by atoms with Crippen LogP contribution < -0.4 is 4.72 Å². The Kier molecular flexibility index (Phi) is 5.46. The first kappa shape index (κ1) is 17.5. The first-order chi connectivity index (χ1) is 10.9. The zero-order valence-electron chi connectivity index (χ0n) is 14.3. The molecule has 1 N–H and O–H groups in total. The van der Waals surface area contributed by atoms with Crippen molar-refractivity contribution in [1.82, 2.24) is 9.78 Å². The zero-order chi connectivity index (χ0) is 17.0. The van der Waals surface area contributed by atoms with E-state index in [9.17, 15) is 8.42 Å². The molecule has 0 aliphatic rings. The fourth-order valence-corrected chi connectivity index (χ4v) is 3.74. The van der Waals surface area contributed by atoms with E-state index in [2.05, 4.69) is 16.7 Å². The Labute approximate surface area is 138 Å². The molecule has 126 valence electrons. The van der Waals surface area contributed by atoms with Gasteiger partial charge in [0.25, 0.3) is 10.0 Å². The van der Waals surface area contributed by atoms with E-state index in [1.54, 1.807) is 16.8 Å². The number of aryl methyl sites for hydroxylation is 3. The summed E-state index contributed by atoms with van der Waals surface area (Å²) in [6, 6.07) is 7.11. The molecule has 0 atom stereocenters. The van der Waals surface area contributed by atoms with Crippen LogP contribution in [0.25, 0.3) is 0 Å². The maximum Gasteiger partial charge on any atom is 0.262 e. The van der Waals surface area contributed by atoms with Crippen LogP contribution in [-0.2, 0) is 23.0 Å². The highest BCUT2D eigenvalue weighted by molar-refractivity contribution is 7.92. The lowest BCUT2D eigenvalue weighted by atomic mass is 10.1. The summed E-state index contributed by atoms with van der Waals surface area (Å²) in [5, 5.41) is 4.34. The van der Waals surface area contributed by atoms with Gasteiger partial charge in [0.05, 0.1) is 22.0 Å². The van der Waals surface area contributed by atoms with E-state index in [0.29, 0.717) is 17.9 Å². The molecular weight excluding hydrogens is 310 g/mol. The fourth-order valence-electron chi connectivity index (χ4n) is 2.56. The van der Waals surface area contributed by atoms with Gasteiger partial charge >= 0.3 is 0 Å². The summed E-state index contributed by atoms with van der Waals surface area (Å²) in [5.74, 6) is 0. The van der Waals surface area contributed by atoms with Gasteiger partial charge in [-0.15, -0.1) is 0 Å². The van der Waals surface area contributed by atoms with Crippen molar-refractivity contribution in [3.8, 4) is 0 Å². The minimum absolute atomic E-state index is 0.279. The second-order valence-corrected chi connectivity index (χ2v) is 7.40. The smallest absolute Gasteiger partial charge is 0.262 e. The Morgan fingerprint density at radius 1 is 1.13 bits per heavy atom. The van der Waals surface area contributed by atoms with Gasteiger partial charge in [-0.3, -0.25) is 9.40 Å². The van der Waals surface area contributed by atoms with Gasteiger partial charge < -0.3 is 0 Å². The van der Waals surface area contributed by atoms with Crippen LogP contribution in [0.2, 0.25) is 0 Å². The zero-order valence-corrected chi connectivity index (χ0v) is 15.1. The van der Waals surface area contributed by atoms with Gasteiger partial charge in [-0.25, -0.2) is 8.42 Å². The molecule has 6 heteroatoms. The highest BCUT2D eigenvalue weighted by Crippen LogP contribution is 2.23. The normalized spacial score (nSPS) is 11.7. The third-order valence-electron chi connectivity index (χ3n) is 3.97. The van der Waals surface area contributed by atoms with Gasteiger partial charge in [0.2, 0.25) is 0 Å². The van der Waals surface area contributed by atoms with E-state index >= 15 is 0 Å². The monoisotopic (exact) mass is 335 g/mol. The summed E-state index contributed by atoms with van der Waals surface area (Å²) in [6.07, 6.45) is 3.21. The molecule has 0 fully saturated rings. The van der Waals surface area contributed by atoms with Crippen molar-refractivity contribution in [3.63, 3.8) is 0 Å². The summed E-state index contributed by atoms with van der Waals surface area (Å²) < 4.78 is 29.6. The summed E-state index contributed by atoms with van der Waals surface area (Å²) in [4.78, 5) is 0.279. The Morgan fingerprint density at radius 3 is 2.30 bits per heavy atom. The fraction of sp³-hybridized carbons (Fsp3) is 0.471. The molecule has 2 aromatic rings. The Balaban J connectivity index is 2.24. The topological polar surface area (TPSA) is 64.0 Å². The Morgan fingerprint density at radius 2 is 1.78 bits per heavy atom. The van der Waals surface area contributed by atoms with Gasteiger partial charge in [0.1, 0.15) is 0 Å². The predicted octanol–water partition coefficient (Wildman–Crippen LogP) is 3.66. The predicted molar refractivity (Wildman–Crippen MR) is 93.2 cm³/mol. The number of hydrogen-bond acceptors (Lipinski definition) is 3. The first-order valence-corrected chi connectivity index (χ1v) is 9.53. The van der Waals surface area contributed by atoms with Crippen LogP contribution in [0.3, 0.4) is 0 Å². The second kappa shape index (κ2) is 7.17. The van der Waals surface area contributed by atoms with Gasteiger partial charge in [0.15, 0.2) is 0 Å². The number of rotatable bonds is 7. The molecule has 23 heavy (non-hydrogen) atoms. The Hall–Kier alpha value is -1.82. The maximum atomic E-state index is 12.6. The SMILES string of the molecule is CCCCc1ccc(S(=O)(=O)Nc2c(C)nn(CC)c2C)cc1. The molecule has 1 aromatic carbocycles. The van der Waals surface area contributed by atoms with E-state index < -0.39 is 10.0 Å². The molecule has 0 unspecified atom stereocenters. The number of sulfonamides is 1. The van der Waals surface area contributed by atoms with Crippen molar-refractivity contribution in [2.75, 3.05) is 4.72 Å². The largest absolute Gasteiger partial charge is 0.276 e. The summed E-state index contributed by atoms with van der Waals surface area (Å²) in [5.41, 5.74) is 3.25. The summed E-state index contributed by atoms with van der Waals surface area (Å²) in [6.45, 7) is 8.51. The lowest BCUT2D eigenvalue weighted by Crippen LogP contribution is -2.14. The lowest BCUT2D eigenvalue weighted by Gasteiger charge is -2.09. The average Bonchev–Trinajstić information content (AvgIpc) is 2.80. The highest BCUT2D eigenvalue weighted by atomic mass is 32.2. The van der Waals surface area contributed by atoms with Crippen LogP contribution in [0.15, 0.2) is 29.2 Å². The number of benzene rings is 1. The molecule has 1 aromatic heterocycles. The standard InChI is InChI=1S/C17H25N3O2S/c1-5-7-8-15-9-11-16(12-10-15)23(21,22)19-17-13(3)18-20(6-2)14(17)4/h9-12,19H,5-8H2,1-4H3. The van der Waals surface area contributed by atoms with E-state index in [-0.39, 0.29) is 4.90 Å². The van der Waals surface area contributed by atoms with Crippen molar-refractivity contribution in [3.05, 3.63) is 41.2 Å². The van der Waals surface area contributed by atoms with Crippen LogP contribution in [0.1, 0.15) is 43.6 Å². The van der Waals surface area contributed by atoms with Gasteiger partial charge in [-0.1, -0.05) is 25.5 Å². The highest BCUT2D eigenvalue weighted by Gasteiger charge is 2.19. The second-order valence-electron chi connectivity index (χ2n) is 5.71. The minimum atomic E-state index is -3.59. The van der Waals surface area contributed by atoms with Crippen molar-refractivity contribution in [1.29, 1.82) is 0 Å². The van der Waals surface area contributed by atoms with Crippen LogP contribution >= 0.6 is 0 Å².